The van der Waals surface area contributed by atoms with Gasteiger partial charge in [0.15, 0.2) is 0 Å². The van der Waals surface area contributed by atoms with Crippen molar-refractivity contribution in [3.63, 3.8) is 0 Å². The number of hydrogen-bond acceptors (Lipinski definition) is 4. The van der Waals surface area contributed by atoms with Crippen LogP contribution in [0.2, 0.25) is 0 Å². The molecule has 180 valence electrons. The van der Waals surface area contributed by atoms with Crippen LogP contribution in [0, 0.1) is 0 Å². The molecule has 2 aliphatic rings. The summed E-state index contributed by atoms with van der Waals surface area (Å²) in [7, 11) is 3.86. The number of fused-ring (bicyclic) bond motifs is 1. The van der Waals surface area contributed by atoms with Crippen LogP contribution in [0.5, 0.6) is 5.75 Å². The van der Waals surface area contributed by atoms with Crippen molar-refractivity contribution < 1.29 is 9.53 Å². The maximum Gasteiger partial charge on any atom is 0.255 e. The molecule has 0 atom stereocenters. The summed E-state index contributed by atoms with van der Waals surface area (Å²) in [6.07, 6.45) is 4.46. The van der Waals surface area contributed by atoms with Gasteiger partial charge in [-0.05, 0) is 78.5 Å². The minimum Gasteiger partial charge on any atom is -0.497 e. The third-order valence-corrected chi connectivity index (χ3v) is 7.07. The van der Waals surface area contributed by atoms with Crippen molar-refractivity contribution >= 4 is 17.7 Å². The number of methoxy groups -OCH3 is 1. The summed E-state index contributed by atoms with van der Waals surface area (Å²) in [6, 6.07) is 21.9. The lowest BCUT2D eigenvalue weighted by atomic mass is 9.91. The third kappa shape index (κ3) is 5.64. The number of nitrogens with zero attached hydrogens (tertiary/aromatic N) is 2. The second-order valence-corrected chi connectivity index (χ2v) is 9.56. The van der Waals surface area contributed by atoms with E-state index in [1.807, 2.05) is 54.6 Å². The molecule has 1 saturated heterocycles. The number of carbonyl (C=O) groups excluding carboxylic acids is 1. The molecule has 0 bridgehead atoms. The lowest BCUT2D eigenvalue weighted by molar-refractivity contribution is 0.102. The largest absolute Gasteiger partial charge is 0.497 e. The van der Waals surface area contributed by atoms with Crippen LogP contribution in [0.3, 0.4) is 0 Å². The van der Waals surface area contributed by atoms with E-state index < -0.39 is 0 Å². The predicted octanol–water partition coefficient (Wildman–Crippen LogP) is 5.19. The van der Waals surface area contributed by atoms with Gasteiger partial charge in [-0.2, -0.15) is 0 Å². The van der Waals surface area contributed by atoms with Gasteiger partial charge in [0.25, 0.3) is 5.91 Å². The SMILES string of the molecule is COc1ccc(-c2ccc(C(=O)Nc3ccc4c(c3)CCC(CN3CCN(C)CC3)=C4)cc2)cc1. The van der Waals surface area contributed by atoms with E-state index in [1.54, 1.807) is 7.11 Å². The summed E-state index contributed by atoms with van der Waals surface area (Å²) in [4.78, 5) is 17.8. The molecule has 1 fully saturated rings. The Kier molecular flexibility index (Phi) is 6.98. The molecule has 1 heterocycles. The summed E-state index contributed by atoms with van der Waals surface area (Å²) in [5.74, 6) is 0.741. The van der Waals surface area contributed by atoms with Crippen LogP contribution in [0.15, 0.2) is 72.3 Å². The Labute approximate surface area is 208 Å². The van der Waals surface area contributed by atoms with Crippen molar-refractivity contribution in [3.8, 4) is 16.9 Å². The fourth-order valence-electron chi connectivity index (χ4n) is 4.85. The highest BCUT2D eigenvalue weighted by atomic mass is 16.5. The summed E-state index contributed by atoms with van der Waals surface area (Å²) >= 11 is 0. The van der Waals surface area contributed by atoms with Crippen LogP contribution in [-0.4, -0.2) is 62.6 Å². The number of likely N-dealkylation sites (N-methyl/N-ethyl adjacent to an activating group) is 1. The van der Waals surface area contributed by atoms with Crippen LogP contribution >= 0.6 is 0 Å². The number of amides is 1. The lowest BCUT2D eigenvalue weighted by Gasteiger charge is -2.33. The number of carbonyl (C=O) groups is 1. The van der Waals surface area contributed by atoms with Crippen LogP contribution in [-0.2, 0) is 6.42 Å². The number of piperazine rings is 1. The number of rotatable bonds is 6. The van der Waals surface area contributed by atoms with Gasteiger partial charge >= 0.3 is 0 Å². The van der Waals surface area contributed by atoms with E-state index in [0.717, 1.165) is 68.1 Å². The summed E-state index contributed by atoms with van der Waals surface area (Å²) < 4.78 is 5.23. The standard InChI is InChI=1S/C30H33N3O2/c1-32-15-17-33(18-16-32)21-22-3-4-27-20-28(12-9-26(27)19-22)31-30(34)25-7-5-23(6-8-25)24-10-13-29(35-2)14-11-24/h5-14,19-20H,3-4,15-18,21H2,1-2H3,(H,31,34). The summed E-state index contributed by atoms with van der Waals surface area (Å²) in [6.45, 7) is 5.66. The van der Waals surface area contributed by atoms with Gasteiger partial charge < -0.3 is 15.0 Å². The lowest BCUT2D eigenvalue weighted by Crippen LogP contribution is -2.45. The minimum absolute atomic E-state index is 0.0895. The highest BCUT2D eigenvalue weighted by Crippen LogP contribution is 2.28. The zero-order valence-corrected chi connectivity index (χ0v) is 20.6. The molecule has 1 aliphatic heterocycles. The number of aryl methyl sites for hydroxylation is 1. The van der Waals surface area contributed by atoms with E-state index in [2.05, 4.69) is 40.4 Å². The molecular formula is C30H33N3O2. The van der Waals surface area contributed by atoms with E-state index >= 15 is 0 Å². The van der Waals surface area contributed by atoms with Gasteiger partial charge in [-0.25, -0.2) is 0 Å². The first-order valence-electron chi connectivity index (χ1n) is 12.4. The quantitative estimate of drug-likeness (QED) is 0.542. The summed E-state index contributed by atoms with van der Waals surface area (Å²) in [5.41, 5.74) is 7.75. The smallest absolute Gasteiger partial charge is 0.255 e. The van der Waals surface area contributed by atoms with Gasteiger partial charge in [-0.15, -0.1) is 0 Å². The average Bonchev–Trinajstić information content (AvgIpc) is 2.90. The second-order valence-electron chi connectivity index (χ2n) is 9.56. The fraction of sp³-hybridized carbons (Fsp3) is 0.300. The Morgan fingerprint density at radius 2 is 1.57 bits per heavy atom. The molecule has 0 spiro atoms. The highest BCUT2D eigenvalue weighted by molar-refractivity contribution is 6.04. The Balaban J connectivity index is 1.21. The van der Waals surface area contributed by atoms with Gasteiger partial charge in [0.05, 0.1) is 7.11 Å². The van der Waals surface area contributed by atoms with Crippen molar-refractivity contribution in [2.45, 2.75) is 12.8 Å². The van der Waals surface area contributed by atoms with E-state index in [1.165, 1.54) is 16.7 Å². The first-order chi connectivity index (χ1) is 17.1. The molecule has 35 heavy (non-hydrogen) atoms. The van der Waals surface area contributed by atoms with Gasteiger partial charge in [-0.1, -0.05) is 42.0 Å². The first-order valence-corrected chi connectivity index (χ1v) is 12.4. The molecule has 0 saturated carbocycles. The number of hydrogen-bond donors (Lipinski definition) is 1. The average molecular weight is 468 g/mol. The normalized spacial score (nSPS) is 16.3. The monoisotopic (exact) mass is 467 g/mol. The van der Waals surface area contributed by atoms with Crippen LogP contribution < -0.4 is 10.1 Å². The predicted molar refractivity (Wildman–Crippen MR) is 143 cm³/mol. The Bertz CT molecular complexity index is 1210. The van der Waals surface area contributed by atoms with Crippen molar-refractivity contribution in [2.75, 3.05) is 52.2 Å². The Morgan fingerprint density at radius 3 is 2.26 bits per heavy atom. The molecule has 1 aliphatic carbocycles. The van der Waals surface area contributed by atoms with Crippen molar-refractivity contribution in [2.24, 2.45) is 0 Å². The Hall–Kier alpha value is -3.41. The second kappa shape index (κ2) is 10.5. The molecule has 0 radical (unpaired) electrons. The Morgan fingerprint density at radius 1 is 0.886 bits per heavy atom. The molecule has 5 nitrogen and oxygen atoms in total. The highest BCUT2D eigenvalue weighted by Gasteiger charge is 2.18. The molecule has 1 amide bonds. The third-order valence-electron chi connectivity index (χ3n) is 7.07. The summed E-state index contributed by atoms with van der Waals surface area (Å²) in [5, 5.41) is 3.07. The molecular weight excluding hydrogens is 434 g/mol. The molecule has 5 heteroatoms. The number of benzene rings is 3. The van der Waals surface area contributed by atoms with Crippen LogP contribution in [0.1, 0.15) is 27.9 Å². The molecule has 1 N–H and O–H groups in total. The molecule has 5 rings (SSSR count). The molecule has 3 aromatic carbocycles. The maximum absolute atomic E-state index is 12.9. The van der Waals surface area contributed by atoms with E-state index in [9.17, 15) is 4.79 Å². The van der Waals surface area contributed by atoms with Gasteiger partial charge in [0, 0.05) is 44.0 Å². The number of nitrogens with one attached hydrogen (secondary N) is 1. The zero-order valence-electron chi connectivity index (χ0n) is 20.6. The zero-order chi connectivity index (χ0) is 24.2. The molecule has 3 aromatic rings. The van der Waals surface area contributed by atoms with Crippen LogP contribution in [0.25, 0.3) is 17.2 Å². The van der Waals surface area contributed by atoms with E-state index in [0.29, 0.717) is 5.56 Å². The number of anilines is 1. The molecule has 0 unspecified atom stereocenters. The van der Waals surface area contributed by atoms with Crippen molar-refractivity contribution in [3.05, 3.63) is 89.0 Å². The number of ether oxygens (including phenoxy) is 1. The van der Waals surface area contributed by atoms with Crippen LogP contribution in [0.4, 0.5) is 5.69 Å². The van der Waals surface area contributed by atoms with E-state index in [-0.39, 0.29) is 5.91 Å². The first kappa shape index (κ1) is 23.3. The fourth-order valence-corrected chi connectivity index (χ4v) is 4.85. The van der Waals surface area contributed by atoms with Gasteiger partial charge in [0.2, 0.25) is 0 Å². The van der Waals surface area contributed by atoms with Gasteiger partial charge in [-0.3, -0.25) is 9.69 Å². The molecule has 0 aromatic heterocycles. The van der Waals surface area contributed by atoms with Gasteiger partial charge in [0.1, 0.15) is 5.75 Å². The van der Waals surface area contributed by atoms with Crippen molar-refractivity contribution in [1.29, 1.82) is 0 Å². The maximum atomic E-state index is 12.9. The topological polar surface area (TPSA) is 44.8 Å². The minimum atomic E-state index is -0.0895. The van der Waals surface area contributed by atoms with E-state index in [4.69, 9.17) is 4.74 Å². The van der Waals surface area contributed by atoms with Crippen molar-refractivity contribution in [1.82, 2.24) is 9.80 Å².